The molecule has 0 unspecified atom stereocenters. The van der Waals surface area contributed by atoms with Crippen molar-refractivity contribution in [2.24, 2.45) is 0 Å². The monoisotopic (exact) mass is 380 g/mol. The van der Waals surface area contributed by atoms with E-state index in [1.807, 2.05) is 17.0 Å². The van der Waals surface area contributed by atoms with Gasteiger partial charge >= 0.3 is 11.9 Å². The van der Waals surface area contributed by atoms with Crippen LogP contribution in [0.15, 0.2) is 60.7 Å². The molecule has 0 amide bonds. The molecule has 0 N–H and O–H groups in total. The van der Waals surface area contributed by atoms with Gasteiger partial charge in [-0.1, -0.05) is 36.4 Å². The third-order valence-corrected chi connectivity index (χ3v) is 4.06. The average Bonchev–Trinajstić information content (AvgIpc) is 2.74. The molecule has 0 bridgehead atoms. The molecular formula is C22H24N2O4. The molecular weight excluding hydrogens is 356 g/mol. The second-order valence-corrected chi connectivity index (χ2v) is 6.11. The number of benzene rings is 2. The Hall–Kier alpha value is -3.17. The molecule has 6 nitrogen and oxygen atoms in total. The van der Waals surface area contributed by atoms with Crippen LogP contribution in [0.1, 0.15) is 33.6 Å². The molecule has 0 atom stereocenters. The largest absolute Gasteiger partial charge is 0.461 e. The molecule has 0 aliphatic carbocycles. The fourth-order valence-electron chi connectivity index (χ4n) is 2.57. The van der Waals surface area contributed by atoms with E-state index in [1.54, 1.807) is 48.5 Å². The van der Waals surface area contributed by atoms with Gasteiger partial charge in [-0.3, -0.25) is 4.90 Å². The van der Waals surface area contributed by atoms with Gasteiger partial charge in [-0.05, 0) is 37.2 Å². The molecule has 0 spiro atoms. The minimum atomic E-state index is -0.368. The predicted molar refractivity (Wildman–Crippen MR) is 105 cm³/mol. The number of hydrogen-bond donors (Lipinski definition) is 0. The Labute approximate surface area is 165 Å². The van der Waals surface area contributed by atoms with E-state index >= 15 is 0 Å². The number of carbonyl (C=O) groups is 2. The first kappa shape index (κ1) is 21.1. The molecule has 2 aromatic rings. The molecule has 0 fully saturated rings. The van der Waals surface area contributed by atoms with Crippen molar-refractivity contribution in [2.75, 3.05) is 32.8 Å². The van der Waals surface area contributed by atoms with Gasteiger partial charge < -0.3 is 9.47 Å². The van der Waals surface area contributed by atoms with Crippen molar-refractivity contribution in [1.29, 1.82) is 5.26 Å². The predicted octanol–water partition coefficient (Wildman–Crippen LogP) is 3.31. The number of unbranched alkanes of at least 4 members (excludes halogenated alkanes) is 1. The molecule has 2 rings (SSSR count). The maximum absolute atomic E-state index is 12.0. The molecule has 0 aliphatic rings. The normalized spacial score (nSPS) is 10.3. The Morgan fingerprint density at radius 1 is 0.786 bits per heavy atom. The van der Waals surface area contributed by atoms with Crippen LogP contribution >= 0.6 is 0 Å². The van der Waals surface area contributed by atoms with Crippen LogP contribution in [0, 0.1) is 11.3 Å². The highest BCUT2D eigenvalue weighted by Gasteiger charge is 2.11. The standard InChI is InChI=1S/C22H24N2O4/c23-13-7-8-14-24(15-17-27-21(25)19-9-3-1-4-10-19)16-18-28-22(26)20-11-5-2-6-12-20/h1-6,9-12H,7-8,14-18H2. The minimum Gasteiger partial charge on any atom is -0.461 e. The number of esters is 2. The molecule has 0 radical (unpaired) electrons. The number of nitriles is 1. The van der Waals surface area contributed by atoms with Crippen molar-refractivity contribution < 1.29 is 19.1 Å². The summed E-state index contributed by atoms with van der Waals surface area (Å²) >= 11 is 0. The lowest BCUT2D eigenvalue weighted by molar-refractivity contribution is 0.0396. The zero-order valence-corrected chi connectivity index (χ0v) is 15.8. The van der Waals surface area contributed by atoms with Gasteiger partial charge in [0.05, 0.1) is 17.2 Å². The van der Waals surface area contributed by atoms with Crippen LogP contribution in [0.5, 0.6) is 0 Å². The minimum absolute atomic E-state index is 0.229. The van der Waals surface area contributed by atoms with E-state index < -0.39 is 0 Å². The third-order valence-electron chi connectivity index (χ3n) is 4.06. The van der Waals surface area contributed by atoms with Gasteiger partial charge in [0.2, 0.25) is 0 Å². The average molecular weight is 380 g/mol. The summed E-state index contributed by atoms with van der Waals surface area (Å²) in [5.74, 6) is -0.735. The highest BCUT2D eigenvalue weighted by Crippen LogP contribution is 2.03. The van der Waals surface area contributed by atoms with Gasteiger partial charge in [-0.15, -0.1) is 0 Å². The Morgan fingerprint density at radius 3 is 1.68 bits per heavy atom. The van der Waals surface area contributed by atoms with Gasteiger partial charge in [0, 0.05) is 19.5 Å². The van der Waals surface area contributed by atoms with Crippen molar-refractivity contribution in [3.05, 3.63) is 71.8 Å². The third kappa shape index (κ3) is 7.60. The summed E-state index contributed by atoms with van der Waals surface area (Å²) in [6.07, 6.45) is 1.15. The summed E-state index contributed by atoms with van der Waals surface area (Å²) in [6, 6.07) is 19.7. The lowest BCUT2D eigenvalue weighted by Crippen LogP contribution is -2.33. The summed E-state index contributed by atoms with van der Waals surface area (Å²) in [7, 11) is 0. The first-order valence-electron chi connectivity index (χ1n) is 9.24. The van der Waals surface area contributed by atoms with Gasteiger partial charge in [0.25, 0.3) is 0 Å². The van der Waals surface area contributed by atoms with E-state index in [9.17, 15) is 9.59 Å². The number of hydrogen-bond acceptors (Lipinski definition) is 6. The Bertz CT molecular complexity index is 715. The van der Waals surface area contributed by atoms with Gasteiger partial charge in [-0.2, -0.15) is 5.26 Å². The summed E-state index contributed by atoms with van der Waals surface area (Å²) in [4.78, 5) is 26.0. The van der Waals surface area contributed by atoms with E-state index in [0.29, 0.717) is 43.6 Å². The Morgan fingerprint density at radius 2 is 1.25 bits per heavy atom. The summed E-state index contributed by atoms with van der Waals surface area (Å²) in [5.41, 5.74) is 1.02. The van der Waals surface area contributed by atoms with Crippen LogP contribution in [0.4, 0.5) is 0 Å². The maximum Gasteiger partial charge on any atom is 0.338 e. The second kappa shape index (κ2) is 12.3. The van der Waals surface area contributed by atoms with Gasteiger partial charge in [-0.25, -0.2) is 9.59 Å². The van der Waals surface area contributed by atoms with Crippen LogP contribution in [0.2, 0.25) is 0 Å². The number of ether oxygens (including phenoxy) is 2. The summed E-state index contributed by atoms with van der Waals surface area (Å²) in [5, 5.41) is 8.72. The molecule has 0 aliphatic heterocycles. The van der Waals surface area contributed by atoms with Crippen molar-refractivity contribution >= 4 is 11.9 Å². The smallest absolute Gasteiger partial charge is 0.338 e. The molecule has 2 aromatic carbocycles. The second-order valence-electron chi connectivity index (χ2n) is 6.11. The fourth-order valence-corrected chi connectivity index (χ4v) is 2.57. The fraction of sp³-hybridized carbons (Fsp3) is 0.318. The van der Waals surface area contributed by atoms with E-state index in [0.717, 1.165) is 0 Å². The van der Waals surface area contributed by atoms with Crippen LogP contribution in [0.25, 0.3) is 0 Å². The van der Waals surface area contributed by atoms with E-state index in [1.165, 1.54) is 0 Å². The van der Waals surface area contributed by atoms with Crippen LogP contribution in [-0.4, -0.2) is 49.7 Å². The van der Waals surface area contributed by atoms with E-state index in [-0.39, 0.29) is 25.2 Å². The van der Waals surface area contributed by atoms with Crippen molar-refractivity contribution in [1.82, 2.24) is 4.90 Å². The van der Waals surface area contributed by atoms with Crippen molar-refractivity contribution in [3.63, 3.8) is 0 Å². The molecule has 0 saturated carbocycles. The quantitative estimate of drug-likeness (QED) is 0.440. The molecule has 0 aromatic heterocycles. The van der Waals surface area contributed by atoms with Crippen molar-refractivity contribution in [3.8, 4) is 6.07 Å². The molecule has 0 saturated heterocycles. The molecule has 146 valence electrons. The van der Waals surface area contributed by atoms with Crippen LogP contribution in [0.3, 0.4) is 0 Å². The topological polar surface area (TPSA) is 79.6 Å². The zero-order chi connectivity index (χ0) is 20.0. The maximum atomic E-state index is 12.0. The first-order valence-corrected chi connectivity index (χ1v) is 9.24. The highest BCUT2D eigenvalue weighted by atomic mass is 16.5. The van der Waals surface area contributed by atoms with E-state index in [2.05, 4.69) is 6.07 Å². The van der Waals surface area contributed by atoms with Gasteiger partial charge in [0.15, 0.2) is 0 Å². The van der Waals surface area contributed by atoms with Crippen LogP contribution < -0.4 is 0 Å². The SMILES string of the molecule is N#CCCCN(CCOC(=O)c1ccccc1)CCOC(=O)c1ccccc1. The first-order chi connectivity index (χ1) is 13.7. The summed E-state index contributed by atoms with van der Waals surface area (Å²) in [6.45, 7) is 2.14. The number of carbonyl (C=O) groups excluding carboxylic acids is 2. The molecule has 0 heterocycles. The number of rotatable bonds is 11. The van der Waals surface area contributed by atoms with E-state index in [4.69, 9.17) is 14.7 Å². The molecule has 28 heavy (non-hydrogen) atoms. The van der Waals surface area contributed by atoms with Crippen molar-refractivity contribution in [2.45, 2.75) is 12.8 Å². The zero-order valence-electron chi connectivity index (χ0n) is 15.8. The van der Waals surface area contributed by atoms with Crippen LogP contribution in [-0.2, 0) is 9.47 Å². The highest BCUT2D eigenvalue weighted by molar-refractivity contribution is 5.89. The van der Waals surface area contributed by atoms with Gasteiger partial charge in [0.1, 0.15) is 13.2 Å². The lowest BCUT2D eigenvalue weighted by atomic mass is 10.2. The summed E-state index contributed by atoms with van der Waals surface area (Å²) < 4.78 is 10.6. The number of nitrogens with zero attached hydrogens (tertiary/aromatic N) is 2. The lowest BCUT2D eigenvalue weighted by Gasteiger charge is -2.21. The Kier molecular flexibility index (Phi) is 9.25. The molecule has 6 heteroatoms. The Balaban J connectivity index is 1.76.